The number of nitrogens with zero attached hydrogens (tertiary/aromatic N) is 1. The van der Waals surface area contributed by atoms with Gasteiger partial charge in [-0.2, -0.15) is 0 Å². The maximum Gasteiger partial charge on any atom is 0.244 e. The number of ether oxygens (including phenoxy) is 1. The topological polar surface area (TPSA) is 101 Å². The number of nitrogens with one attached hydrogen (secondary N) is 2. The summed E-state index contributed by atoms with van der Waals surface area (Å²) >= 11 is 6.08. The minimum Gasteiger partial charge on any atom is -0.396 e. The normalized spacial score (nSPS) is 25.4. The quantitative estimate of drug-likeness (QED) is 0.535. The van der Waals surface area contributed by atoms with E-state index in [1.807, 2.05) is 30.3 Å². The van der Waals surface area contributed by atoms with Crippen molar-refractivity contribution in [3.8, 4) is 0 Å². The second-order valence-corrected chi connectivity index (χ2v) is 11.7. The molecule has 1 aliphatic carbocycles. The zero-order valence-corrected chi connectivity index (χ0v) is 19.9. The number of rotatable bonds is 8. The summed E-state index contributed by atoms with van der Waals surface area (Å²) in [6, 6.07) is 10.8. The Balaban J connectivity index is 1.45. The average molecular weight is 480 g/mol. The summed E-state index contributed by atoms with van der Waals surface area (Å²) in [5, 5.41) is 13.1. The van der Waals surface area contributed by atoms with Crippen LogP contribution >= 0.6 is 11.6 Å². The first kappa shape index (κ1) is 23.4. The van der Waals surface area contributed by atoms with Gasteiger partial charge in [-0.3, -0.25) is 0 Å². The molecule has 0 radical (unpaired) electrons. The summed E-state index contributed by atoms with van der Waals surface area (Å²) in [5.74, 6) is 0.0186. The first-order valence-corrected chi connectivity index (χ1v) is 12.7. The lowest BCUT2D eigenvalue weighted by atomic mass is 9.63. The molecule has 32 heavy (non-hydrogen) atoms. The molecule has 2 fully saturated rings. The van der Waals surface area contributed by atoms with E-state index >= 15 is 0 Å². The Morgan fingerprint density at radius 2 is 2.00 bits per heavy atom. The van der Waals surface area contributed by atoms with Crippen LogP contribution in [0.15, 0.2) is 47.5 Å². The maximum absolute atomic E-state index is 13.2. The molecule has 2 aliphatic rings. The van der Waals surface area contributed by atoms with Crippen molar-refractivity contribution in [1.82, 2.24) is 9.71 Å². The van der Waals surface area contributed by atoms with Crippen LogP contribution in [0, 0.1) is 5.41 Å². The van der Waals surface area contributed by atoms with Crippen molar-refractivity contribution in [2.75, 3.05) is 25.1 Å². The van der Waals surface area contributed by atoms with Crippen LogP contribution in [0.3, 0.4) is 0 Å². The molecular formula is C23H30ClN3O4S. The molecule has 3 N–H and O–H groups in total. The number of aliphatic hydroxyl groups excluding tert-OH is 1. The number of aromatic nitrogens is 1. The Labute approximate surface area is 194 Å². The lowest BCUT2D eigenvalue weighted by Crippen LogP contribution is -2.51. The van der Waals surface area contributed by atoms with E-state index in [-0.39, 0.29) is 45.3 Å². The maximum atomic E-state index is 13.2. The molecule has 7 nitrogen and oxygen atoms in total. The van der Waals surface area contributed by atoms with Gasteiger partial charge in [-0.1, -0.05) is 41.9 Å². The number of aliphatic hydroxyl groups is 1. The third-order valence-electron chi connectivity index (χ3n) is 6.37. The Kier molecular flexibility index (Phi) is 6.53. The predicted molar refractivity (Wildman–Crippen MR) is 124 cm³/mol. The zero-order valence-electron chi connectivity index (χ0n) is 18.3. The Hall–Kier alpha value is -1.71. The number of hydrogen-bond donors (Lipinski definition) is 3. The largest absolute Gasteiger partial charge is 0.396 e. The van der Waals surface area contributed by atoms with Crippen molar-refractivity contribution in [1.29, 1.82) is 0 Å². The summed E-state index contributed by atoms with van der Waals surface area (Å²) < 4.78 is 35.1. The molecule has 1 aliphatic heterocycles. The molecule has 174 valence electrons. The molecule has 1 saturated heterocycles. The van der Waals surface area contributed by atoms with Crippen LogP contribution in [0.5, 0.6) is 0 Å². The summed E-state index contributed by atoms with van der Waals surface area (Å²) in [7, 11) is -3.83. The summed E-state index contributed by atoms with van der Waals surface area (Å²) in [6.07, 6.45) is 3.86. The van der Waals surface area contributed by atoms with Gasteiger partial charge in [0.1, 0.15) is 10.7 Å². The lowest BCUT2D eigenvalue weighted by molar-refractivity contribution is 0.0198. The number of benzene rings is 1. The molecule has 2 aromatic rings. The first-order chi connectivity index (χ1) is 15.1. The van der Waals surface area contributed by atoms with E-state index in [1.54, 1.807) is 0 Å². The molecule has 1 unspecified atom stereocenters. The number of hydrogen-bond acceptors (Lipinski definition) is 6. The van der Waals surface area contributed by atoms with Crippen molar-refractivity contribution in [2.45, 2.75) is 55.6 Å². The van der Waals surface area contributed by atoms with Crippen molar-refractivity contribution < 1.29 is 18.3 Å². The van der Waals surface area contributed by atoms with E-state index in [9.17, 15) is 13.5 Å². The molecular weight excluding hydrogens is 450 g/mol. The number of pyridine rings is 1. The van der Waals surface area contributed by atoms with Crippen molar-refractivity contribution >= 4 is 27.4 Å². The second kappa shape index (κ2) is 8.91. The Bertz CT molecular complexity index is 1060. The van der Waals surface area contributed by atoms with Gasteiger partial charge in [0.05, 0.1) is 23.8 Å². The predicted octanol–water partition coefficient (Wildman–Crippen LogP) is 3.55. The molecule has 0 bridgehead atoms. The van der Waals surface area contributed by atoms with E-state index in [4.69, 9.17) is 16.3 Å². The molecule has 1 aromatic carbocycles. The van der Waals surface area contributed by atoms with Gasteiger partial charge in [-0.25, -0.2) is 18.1 Å². The van der Waals surface area contributed by atoms with Gasteiger partial charge in [0.25, 0.3) is 0 Å². The summed E-state index contributed by atoms with van der Waals surface area (Å²) in [5.41, 5.74) is 0.870. The first-order valence-electron chi connectivity index (χ1n) is 10.8. The molecule has 1 atom stereocenters. The second-order valence-electron chi connectivity index (χ2n) is 9.62. The van der Waals surface area contributed by atoms with Crippen molar-refractivity contribution in [3.63, 3.8) is 0 Å². The van der Waals surface area contributed by atoms with Gasteiger partial charge < -0.3 is 15.2 Å². The fraction of sp³-hybridized carbons (Fsp3) is 0.522. The standard InChI is InChI=1S/C23H30ClN3O4S/c1-22(2)14-23(15-31-22)9-19(10-23)27-32(29,30)20-8-18(24)12-26-21(20)25-11-17(13-28)16-6-4-3-5-7-16/h3-8,12,17,19,27-28H,9-11,13-15H2,1-2H3,(H,25,26). The number of sulfonamides is 1. The van der Waals surface area contributed by atoms with E-state index in [0.29, 0.717) is 13.2 Å². The van der Waals surface area contributed by atoms with Crippen LogP contribution in [-0.2, 0) is 14.8 Å². The highest BCUT2D eigenvalue weighted by molar-refractivity contribution is 7.89. The van der Waals surface area contributed by atoms with E-state index in [2.05, 4.69) is 28.9 Å². The highest BCUT2D eigenvalue weighted by Gasteiger charge is 2.53. The SMILES string of the molecule is CC1(C)CC2(CO1)CC(NS(=O)(=O)c1cc(Cl)cnc1NCC(CO)c1ccccc1)C2. The van der Waals surface area contributed by atoms with E-state index in [0.717, 1.165) is 24.8 Å². The zero-order chi connectivity index (χ0) is 23.0. The van der Waals surface area contributed by atoms with Gasteiger partial charge >= 0.3 is 0 Å². The molecule has 1 aromatic heterocycles. The highest BCUT2D eigenvalue weighted by atomic mass is 35.5. The average Bonchev–Trinajstić information content (AvgIpc) is 3.05. The van der Waals surface area contributed by atoms with E-state index in [1.165, 1.54) is 12.3 Å². The smallest absolute Gasteiger partial charge is 0.244 e. The number of anilines is 1. The van der Waals surface area contributed by atoms with Gasteiger partial charge in [-0.15, -0.1) is 0 Å². The summed E-state index contributed by atoms with van der Waals surface area (Å²) in [6.45, 7) is 5.07. The van der Waals surface area contributed by atoms with Gasteiger partial charge in [-0.05, 0) is 50.2 Å². The van der Waals surface area contributed by atoms with Crippen molar-refractivity contribution in [2.24, 2.45) is 5.41 Å². The van der Waals surface area contributed by atoms with Crippen molar-refractivity contribution in [3.05, 3.63) is 53.2 Å². The Morgan fingerprint density at radius 3 is 2.62 bits per heavy atom. The summed E-state index contributed by atoms with van der Waals surface area (Å²) in [4.78, 5) is 4.23. The molecule has 4 rings (SSSR count). The molecule has 2 heterocycles. The van der Waals surface area contributed by atoms with Crippen LogP contribution in [0.2, 0.25) is 5.02 Å². The Morgan fingerprint density at radius 1 is 1.28 bits per heavy atom. The minimum absolute atomic E-state index is 0.0127. The third kappa shape index (κ3) is 5.10. The molecule has 0 amide bonds. The molecule has 1 spiro atoms. The number of halogens is 1. The van der Waals surface area contributed by atoms with Crippen LogP contribution in [-0.4, -0.2) is 49.9 Å². The fourth-order valence-corrected chi connectivity index (χ4v) is 6.58. The van der Waals surface area contributed by atoms with Gasteiger partial charge in [0, 0.05) is 24.7 Å². The van der Waals surface area contributed by atoms with Crippen LogP contribution < -0.4 is 10.0 Å². The van der Waals surface area contributed by atoms with E-state index < -0.39 is 10.0 Å². The molecule has 1 saturated carbocycles. The third-order valence-corrected chi connectivity index (χ3v) is 8.11. The minimum atomic E-state index is -3.83. The van der Waals surface area contributed by atoms with Crippen LogP contribution in [0.1, 0.15) is 44.6 Å². The highest BCUT2D eigenvalue weighted by Crippen LogP contribution is 2.52. The molecule has 9 heteroatoms. The lowest BCUT2D eigenvalue weighted by Gasteiger charge is -2.44. The fourth-order valence-electron chi connectivity index (χ4n) is 4.96. The van der Waals surface area contributed by atoms with Gasteiger partial charge in [0.15, 0.2) is 0 Å². The monoisotopic (exact) mass is 479 g/mol. The van der Waals surface area contributed by atoms with Crippen LogP contribution in [0.4, 0.5) is 5.82 Å². The van der Waals surface area contributed by atoms with Gasteiger partial charge in [0.2, 0.25) is 10.0 Å². The van der Waals surface area contributed by atoms with Crippen LogP contribution in [0.25, 0.3) is 0 Å².